The third-order valence-electron chi connectivity index (χ3n) is 3.39. The van der Waals surface area contributed by atoms with Gasteiger partial charge < -0.3 is 5.73 Å². The van der Waals surface area contributed by atoms with Crippen LogP contribution in [-0.2, 0) is 0 Å². The Bertz CT molecular complexity index is 516. The lowest BCUT2D eigenvalue weighted by molar-refractivity contribution is 0.704. The summed E-state index contributed by atoms with van der Waals surface area (Å²) in [6, 6.07) is 8.14. The molecule has 1 heterocycles. The number of nitrogens with two attached hydrogens (primary N) is 1. The predicted molar refractivity (Wildman–Crippen MR) is 65.2 cm³/mol. The van der Waals surface area contributed by atoms with Crippen molar-refractivity contribution in [2.75, 3.05) is 5.73 Å². The van der Waals surface area contributed by atoms with Crippen LogP contribution in [0.25, 0.3) is 10.9 Å². The van der Waals surface area contributed by atoms with Gasteiger partial charge in [0.25, 0.3) is 0 Å². The van der Waals surface area contributed by atoms with Crippen molar-refractivity contribution >= 4 is 16.9 Å². The van der Waals surface area contributed by atoms with Gasteiger partial charge in [0.05, 0.1) is 11.2 Å². The standard InChI is InChI=1S/C13H15N3/c14-13-15-11-8-4-3-7-10(11)12(16-13)9-5-1-2-6-9/h3-4,7-9H,1-2,5-6H2,(H2,14,15,16). The van der Waals surface area contributed by atoms with Gasteiger partial charge in [-0.15, -0.1) is 0 Å². The molecule has 3 rings (SSSR count). The van der Waals surface area contributed by atoms with Crippen molar-refractivity contribution in [1.29, 1.82) is 0 Å². The van der Waals surface area contributed by atoms with Crippen LogP contribution in [-0.4, -0.2) is 9.97 Å². The molecule has 0 amide bonds. The summed E-state index contributed by atoms with van der Waals surface area (Å²) >= 11 is 0. The Morgan fingerprint density at radius 3 is 2.62 bits per heavy atom. The summed E-state index contributed by atoms with van der Waals surface area (Å²) in [6.07, 6.45) is 5.09. The van der Waals surface area contributed by atoms with E-state index in [2.05, 4.69) is 16.0 Å². The summed E-state index contributed by atoms with van der Waals surface area (Å²) in [4.78, 5) is 8.72. The number of fused-ring (bicyclic) bond motifs is 1. The fourth-order valence-corrected chi connectivity index (χ4v) is 2.63. The maximum atomic E-state index is 5.77. The van der Waals surface area contributed by atoms with Crippen LogP contribution in [0.4, 0.5) is 5.95 Å². The molecular weight excluding hydrogens is 198 g/mol. The molecular formula is C13H15N3. The van der Waals surface area contributed by atoms with E-state index < -0.39 is 0 Å². The van der Waals surface area contributed by atoms with Gasteiger partial charge >= 0.3 is 0 Å². The molecule has 1 aromatic carbocycles. The first kappa shape index (κ1) is 9.58. The molecule has 0 radical (unpaired) electrons. The number of anilines is 1. The Balaban J connectivity index is 2.21. The largest absolute Gasteiger partial charge is 0.368 e. The second-order valence-electron chi connectivity index (χ2n) is 4.47. The van der Waals surface area contributed by atoms with Crippen LogP contribution in [0.2, 0.25) is 0 Å². The van der Waals surface area contributed by atoms with Crippen LogP contribution >= 0.6 is 0 Å². The second kappa shape index (κ2) is 3.74. The number of hydrogen-bond donors (Lipinski definition) is 1. The van der Waals surface area contributed by atoms with Crippen LogP contribution in [0.1, 0.15) is 37.3 Å². The topological polar surface area (TPSA) is 51.8 Å². The Hall–Kier alpha value is -1.64. The van der Waals surface area contributed by atoms with E-state index in [-0.39, 0.29) is 0 Å². The third kappa shape index (κ3) is 1.52. The molecule has 1 saturated carbocycles. The normalized spacial score (nSPS) is 17.0. The van der Waals surface area contributed by atoms with Gasteiger partial charge in [-0.1, -0.05) is 31.0 Å². The van der Waals surface area contributed by atoms with Gasteiger partial charge in [-0.3, -0.25) is 0 Å². The Labute approximate surface area is 94.7 Å². The fourth-order valence-electron chi connectivity index (χ4n) is 2.63. The molecule has 3 nitrogen and oxygen atoms in total. The molecule has 16 heavy (non-hydrogen) atoms. The van der Waals surface area contributed by atoms with Gasteiger partial charge in [-0.05, 0) is 18.9 Å². The van der Waals surface area contributed by atoms with E-state index >= 15 is 0 Å². The van der Waals surface area contributed by atoms with E-state index in [1.54, 1.807) is 0 Å². The lowest BCUT2D eigenvalue weighted by Crippen LogP contribution is -2.03. The highest BCUT2D eigenvalue weighted by Gasteiger charge is 2.21. The highest BCUT2D eigenvalue weighted by atomic mass is 15.0. The van der Waals surface area contributed by atoms with Crippen molar-refractivity contribution in [3.8, 4) is 0 Å². The van der Waals surface area contributed by atoms with Crippen LogP contribution < -0.4 is 5.73 Å². The van der Waals surface area contributed by atoms with Gasteiger partial charge in [0.15, 0.2) is 0 Å². The Morgan fingerprint density at radius 2 is 1.81 bits per heavy atom. The number of para-hydroxylation sites is 1. The van der Waals surface area contributed by atoms with E-state index in [4.69, 9.17) is 5.73 Å². The molecule has 2 aromatic rings. The maximum absolute atomic E-state index is 5.77. The van der Waals surface area contributed by atoms with E-state index in [0.29, 0.717) is 11.9 Å². The molecule has 3 heteroatoms. The minimum atomic E-state index is 0.403. The molecule has 1 fully saturated rings. The number of benzene rings is 1. The number of rotatable bonds is 1. The number of hydrogen-bond acceptors (Lipinski definition) is 3. The molecule has 82 valence electrons. The SMILES string of the molecule is Nc1nc(C2CCCC2)c2ccccc2n1. The van der Waals surface area contributed by atoms with Gasteiger partial charge in [0.2, 0.25) is 5.95 Å². The lowest BCUT2D eigenvalue weighted by atomic mass is 9.99. The van der Waals surface area contributed by atoms with Gasteiger partial charge in [0.1, 0.15) is 0 Å². The molecule has 1 aromatic heterocycles. The first-order valence-electron chi connectivity index (χ1n) is 5.87. The van der Waals surface area contributed by atoms with Crippen molar-refractivity contribution in [3.05, 3.63) is 30.0 Å². The van der Waals surface area contributed by atoms with E-state index in [9.17, 15) is 0 Å². The monoisotopic (exact) mass is 213 g/mol. The van der Waals surface area contributed by atoms with Crippen molar-refractivity contribution < 1.29 is 0 Å². The zero-order valence-electron chi connectivity index (χ0n) is 9.19. The lowest BCUT2D eigenvalue weighted by Gasteiger charge is -2.11. The molecule has 1 aliphatic rings. The summed E-state index contributed by atoms with van der Waals surface area (Å²) in [5.74, 6) is 0.982. The quantitative estimate of drug-likeness (QED) is 0.792. The van der Waals surface area contributed by atoms with E-state index in [0.717, 1.165) is 11.2 Å². The molecule has 0 bridgehead atoms. The average molecular weight is 213 g/mol. The van der Waals surface area contributed by atoms with Gasteiger partial charge in [-0.2, -0.15) is 0 Å². The predicted octanol–water partition coefficient (Wildman–Crippen LogP) is 2.87. The average Bonchev–Trinajstić information content (AvgIpc) is 2.81. The van der Waals surface area contributed by atoms with Crippen LogP contribution in [0, 0.1) is 0 Å². The molecule has 0 unspecified atom stereocenters. The molecule has 0 atom stereocenters. The second-order valence-corrected chi connectivity index (χ2v) is 4.47. The van der Waals surface area contributed by atoms with E-state index in [1.165, 1.54) is 31.1 Å². The molecule has 0 spiro atoms. The van der Waals surface area contributed by atoms with Crippen molar-refractivity contribution in [2.45, 2.75) is 31.6 Å². The van der Waals surface area contributed by atoms with Crippen LogP contribution in [0.15, 0.2) is 24.3 Å². The van der Waals surface area contributed by atoms with Crippen LogP contribution in [0.3, 0.4) is 0 Å². The summed E-state index contributed by atoms with van der Waals surface area (Å²) in [5, 5.41) is 1.17. The fraction of sp³-hybridized carbons (Fsp3) is 0.385. The van der Waals surface area contributed by atoms with Crippen molar-refractivity contribution in [2.24, 2.45) is 0 Å². The van der Waals surface area contributed by atoms with Gasteiger partial charge in [-0.25, -0.2) is 9.97 Å². The summed E-state index contributed by atoms with van der Waals surface area (Å²) in [6.45, 7) is 0. The van der Waals surface area contributed by atoms with Crippen LogP contribution in [0.5, 0.6) is 0 Å². The first-order chi connectivity index (χ1) is 7.84. The zero-order valence-corrected chi connectivity index (χ0v) is 9.19. The number of nitrogen functional groups attached to an aromatic ring is 1. The van der Waals surface area contributed by atoms with E-state index in [1.807, 2.05) is 18.2 Å². The maximum Gasteiger partial charge on any atom is 0.220 e. The van der Waals surface area contributed by atoms with Crippen molar-refractivity contribution in [1.82, 2.24) is 9.97 Å². The highest BCUT2D eigenvalue weighted by molar-refractivity contribution is 5.82. The Morgan fingerprint density at radius 1 is 1.06 bits per heavy atom. The zero-order chi connectivity index (χ0) is 11.0. The summed E-state index contributed by atoms with van der Waals surface area (Å²) < 4.78 is 0. The molecule has 0 saturated heterocycles. The summed E-state index contributed by atoms with van der Waals surface area (Å²) in [7, 11) is 0. The minimum Gasteiger partial charge on any atom is -0.368 e. The minimum absolute atomic E-state index is 0.403. The molecule has 2 N–H and O–H groups in total. The first-order valence-corrected chi connectivity index (χ1v) is 5.87. The number of nitrogens with zero attached hydrogens (tertiary/aromatic N) is 2. The molecule has 1 aliphatic carbocycles. The summed E-state index contributed by atoms with van der Waals surface area (Å²) in [5.41, 5.74) is 7.89. The van der Waals surface area contributed by atoms with Gasteiger partial charge in [0, 0.05) is 11.3 Å². The highest BCUT2D eigenvalue weighted by Crippen LogP contribution is 2.36. The smallest absolute Gasteiger partial charge is 0.220 e. The Kier molecular flexibility index (Phi) is 2.24. The van der Waals surface area contributed by atoms with Crippen molar-refractivity contribution in [3.63, 3.8) is 0 Å². The molecule has 0 aliphatic heterocycles. The number of aromatic nitrogens is 2. The third-order valence-corrected chi connectivity index (χ3v) is 3.39.